The molecule has 4 rings (SSSR count). The molecule has 0 spiro atoms. The summed E-state index contributed by atoms with van der Waals surface area (Å²) in [6.07, 6.45) is 0.0363. The molecule has 0 aromatic heterocycles. The average molecular weight is 544 g/mol. The number of hydrogen-bond acceptors (Lipinski definition) is 10. The second-order valence-corrected chi connectivity index (χ2v) is 11.6. The summed E-state index contributed by atoms with van der Waals surface area (Å²) < 4.78 is 59.3. The minimum Gasteiger partial charge on any atom is -0.744 e. The zero-order valence-electron chi connectivity index (χ0n) is 20.0. The van der Waals surface area contributed by atoms with Crippen LogP contribution in [0, 0.1) is 0 Å². The topological polar surface area (TPSA) is 165 Å². The number of carbonyl (C=O) groups is 2. The molecule has 3 aromatic rings. The molecule has 0 atom stereocenters. The van der Waals surface area contributed by atoms with Crippen molar-refractivity contribution in [3.05, 3.63) is 82.4 Å². The Balaban J connectivity index is 1.77. The van der Waals surface area contributed by atoms with Crippen molar-refractivity contribution in [2.75, 3.05) is 24.3 Å². The van der Waals surface area contributed by atoms with Crippen molar-refractivity contribution in [1.82, 2.24) is 0 Å². The maximum Gasteiger partial charge on any atom is 0.335 e. The second kappa shape index (κ2) is 10.2. The van der Waals surface area contributed by atoms with Gasteiger partial charge in [0.2, 0.25) is 0 Å². The Bertz CT molecular complexity index is 1540. The van der Waals surface area contributed by atoms with Gasteiger partial charge in [0.25, 0.3) is 0 Å². The fourth-order valence-corrected chi connectivity index (χ4v) is 6.53. The van der Waals surface area contributed by atoms with Crippen molar-refractivity contribution < 1.29 is 36.2 Å². The standard InChI is InChI=1S/C25H25N2O8PS/c1-3-34-36(30,35-4-2)14-15-9-11-16(12-10-15)27-19-13-20(37(31,32)33)23(26)22-21(19)24(28)17-7-5-6-8-18(17)25(22)29/h5-13,27H,3-4,14,26H2,1-2H3,(H,31,32,33)/p-1. The van der Waals surface area contributed by atoms with Crippen molar-refractivity contribution in [2.24, 2.45) is 0 Å². The van der Waals surface area contributed by atoms with Crippen molar-refractivity contribution >= 4 is 46.3 Å². The molecule has 12 heteroatoms. The molecule has 0 radical (unpaired) electrons. The van der Waals surface area contributed by atoms with Crippen LogP contribution in [0.4, 0.5) is 17.1 Å². The number of nitrogens with two attached hydrogens (primary N) is 1. The molecule has 0 heterocycles. The van der Waals surface area contributed by atoms with Crippen LogP contribution >= 0.6 is 7.60 Å². The first-order chi connectivity index (χ1) is 17.5. The number of ketones is 2. The van der Waals surface area contributed by atoms with E-state index in [1.807, 2.05) is 0 Å². The van der Waals surface area contributed by atoms with Gasteiger partial charge < -0.3 is 24.7 Å². The van der Waals surface area contributed by atoms with Gasteiger partial charge in [0.15, 0.2) is 11.6 Å². The molecule has 1 aliphatic rings. The van der Waals surface area contributed by atoms with E-state index in [2.05, 4.69) is 5.32 Å². The highest BCUT2D eigenvalue weighted by Gasteiger charge is 2.35. The highest BCUT2D eigenvalue weighted by Crippen LogP contribution is 2.51. The molecule has 37 heavy (non-hydrogen) atoms. The summed E-state index contributed by atoms with van der Waals surface area (Å²) >= 11 is 0. The van der Waals surface area contributed by atoms with Gasteiger partial charge in [0, 0.05) is 16.8 Å². The minimum absolute atomic E-state index is 0.0363. The van der Waals surface area contributed by atoms with E-state index in [9.17, 15) is 27.1 Å². The Morgan fingerprint density at radius 1 is 0.919 bits per heavy atom. The molecule has 0 bridgehead atoms. The number of hydrogen-bond donors (Lipinski definition) is 2. The van der Waals surface area contributed by atoms with Crippen LogP contribution in [-0.2, 0) is 29.9 Å². The van der Waals surface area contributed by atoms with Crippen LogP contribution in [0.5, 0.6) is 0 Å². The molecule has 0 fully saturated rings. The first kappa shape index (κ1) is 26.7. The third kappa shape index (κ3) is 5.22. The summed E-state index contributed by atoms with van der Waals surface area (Å²) in [5, 5.41) is 2.93. The van der Waals surface area contributed by atoms with E-state index in [1.54, 1.807) is 50.2 Å². The van der Waals surface area contributed by atoms with Crippen LogP contribution in [-0.4, -0.2) is 37.8 Å². The molecule has 1 aliphatic carbocycles. The lowest BCUT2D eigenvalue weighted by Gasteiger charge is -2.25. The molecule has 0 saturated heterocycles. The third-order valence-electron chi connectivity index (χ3n) is 5.73. The normalized spacial score (nSPS) is 13.3. The quantitative estimate of drug-likeness (QED) is 0.175. The van der Waals surface area contributed by atoms with Crippen LogP contribution in [0.25, 0.3) is 0 Å². The molecule has 0 unspecified atom stereocenters. The molecule has 0 saturated carbocycles. The lowest BCUT2D eigenvalue weighted by molar-refractivity contribution is 0.0980. The van der Waals surface area contributed by atoms with E-state index in [1.165, 1.54) is 12.1 Å². The van der Waals surface area contributed by atoms with Crippen molar-refractivity contribution in [2.45, 2.75) is 24.9 Å². The smallest absolute Gasteiger partial charge is 0.335 e. The molecular weight excluding hydrogens is 519 g/mol. The molecular formula is C25H24N2O8PS-. The summed E-state index contributed by atoms with van der Waals surface area (Å²) in [7, 11) is -8.41. The predicted molar refractivity (Wildman–Crippen MR) is 136 cm³/mol. The third-order valence-corrected chi connectivity index (χ3v) is 8.66. The molecule has 10 nitrogen and oxygen atoms in total. The highest BCUT2D eigenvalue weighted by molar-refractivity contribution is 7.86. The van der Waals surface area contributed by atoms with Gasteiger partial charge >= 0.3 is 7.60 Å². The van der Waals surface area contributed by atoms with Crippen LogP contribution in [0.15, 0.2) is 59.5 Å². The van der Waals surface area contributed by atoms with Gasteiger partial charge in [0.05, 0.1) is 46.8 Å². The Kier molecular flexibility index (Phi) is 7.36. The monoisotopic (exact) mass is 543 g/mol. The SMILES string of the molecule is CCOP(=O)(Cc1ccc(Nc2cc(S(=O)(=O)[O-])c(N)c3c2C(=O)c2ccccc2C3=O)cc1)OCC. The van der Waals surface area contributed by atoms with Crippen LogP contribution in [0.2, 0.25) is 0 Å². The number of nitrogen functional groups attached to an aromatic ring is 1. The van der Waals surface area contributed by atoms with E-state index >= 15 is 0 Å². The van der Waals surface area contributed by atoms with E-state index in [0.29, 0.717) is 11.3 Å². The van der Waals surface area contributed by atoms with E-state index in [4.69, 9.17) is 14.8 Å². The number of carbonyl (C=O) groups excluding carboxylic acids is 2. The average Bonchev–Trinajstić information content (AvgIpc) is 2.84. The Hall–Kier alpha value is -3.34. The number of fused-ring (bicyclic) bond motifs is 2. The Labute approximate surface area is 214 Å². The molecule has 3 N–H and O–H groups in total. The fourth-order valence-electron chi connectivity index (χ4n) is 4.19. The maximum absolute atomic E-state index is 13.4. The second-order valence-electron chi connectivity index (χ2n) is 8.17. The number of benzene rings is 3. The van der Waals surface area contributed by atoms with E-state index < -0.39 is 39.9 Å². The number of anilines is 3. The molecule has 0 aliphatic heterocycles. The predicted octanol–water partition coefficient (Wildman–Crippen LogP) is 4.46. The highest BCUT2D eigenvalue weighted by atomic mass is 32.2. The summed E-state index contributed by atoms with van der Waals surface area (Å²) in [6, 6.07) is 13.6. The van der Waals surface area contributed by atoms with E-state index in [-0.39, 0.29) is 47.3 Å². The molecule has 3 aromatic carbocycles. The van der Waals surface area contributed by atoms with Gasteiger partial charge in [-0.05, 0) is 37.6 Å². The van der Waals surface area contributed by atoms with Crippen LogP contribution in [0.3, 0.4) is 0 Å². The van der Waals surface area contributed by atoms with Gasteiger partial charge in [-0.3, -0.25) is 14.2 Å². The number of nitrogens with one attached hydrogen (secondary N) is 1. The fraction of sp³-hybridized carbons (Fsp3) is 0.200. The summed E-state index contributed by atoms with van der Waals surface area (Å²) in [5.74, 6) is -1.20. The van der Waals surface area contributed by atoms with Gasteiger partial charge in [-0.1, -0.05) is 36.4 Å². The summed E-state index contributed by atoms with van der Waals surface area (Å²) in [4.78, 5) is 25.8. The maximum atomic E-state index is 13.4. The largest absolute Gasteiger partial charge is 0.744 e. The van der Waals surface area contributed by atoms with Gasteiger partial charge in [-0.25, -0.2) is 8.42 Å². The van der Waals surface area contributed by atoms with E-state index in [0.717, 1.165) is 6.07 Å². The minimum atomic E-state index is -5.08. The Morgan fingerprint density at radius 2 is 1.46 bits per heavy atom. The summed E-state index contributed by atoms with van der Waals surface area (Å²) in [5.41, 5.74) is 6.12. The van der Waals surface area contributed by atoms with Crippen molar-refractivity contribution in [1.29, 1.82) is 0 Å². The zero-order valence-corrected chi connectivity index (χ0v) is 21.7. The lowest BCUT2D eigenvalue weighted by Crippen LogP contribution is -2.25. The first-order valence-electron chi connectivity index (χ1n) is 11.3. The van der Waals surface area contributed by atoms with Gasteiger partial charge in [-0.2, -0.15) is 0 Å². The zero-order chi connectivity index (χ0) is 27.0. The Morgan fingerprint density at radius 3 is 1.97 bits per heavy atom. The van der Waals surface area contributed by atoms with Crippen molar-refractivity contribution in [3.8, 4) is 0 Å². The van der Waals surface area contributed by atoms with Crippen LogP contribution in [0.1, 0.15) is 51.3 Å². The first-order valence-corrected chi connectivity index (χ1v) is 14.5. The van der Waals surface area contributed by atoms with Gasteiger partial charge in [-0.15, -0.1) is 0 Å². The van der Waals surface area contributed by atoms with Gasteiger partial charge in [0.1, 0.15) is 10.1 Å². The molecule has 194 valence electrons. The summed E-state index contributed by atoms with van der Waals surface area (Å²) in [6.45, 7) is 3.87. The molecule has 0 amide bonds. The number of rotatable bonds is 9. The lowest BCUT2D eigenvalue weighted by atomic mass is 9.82. The van der Waals surface area contributed by atoms with Crippen molar-refractivity contribution in [3.63, 3.8) is 0 Å². The van der Waals surface area contributed by atoms with Crippen LogP contribution < -0.4 is 11.1 Å².